The fourth-order valence-corrected chi connectivity index (χ4v) is 4.53. The van der Waals surface area contributed by atoms with Crippen LogP contribution in [0.1, 0.15) is 10.4 Å². The highest BCUT2D eigenvalue weighted by Gasteiger charge is 2.15. The van der Waals surface area contributed by atoms with E-state index in [1.807, 2.05) is 13.0 Å². The van der Waals surface area contributed by atoms with Crippen LogP contribution in [0.3, 0.4) is 0 Å². The summed E-state index contributed by atoms with van der Waals surface area (Å²) in [4.78, 5) is 1.31. The second kappa shape index (κ2) is 6.73. The van der Waals surface area contributed by atoms with E-state index in [0.717, 1.165) is 20.3 Å². The maximum absolute atomic E-state index is 12.1. The van der Waals surface area contributed by atoms with Crippen molar-refractivity contribution in [2.75, 3.05) is 6.61 Å². The quantitative estimate of drug-likeness (QED) is 0.560. The zero-order chi connectivity index (χ0) is 16.4. The van der Waals surface area contributed by atoms with E-state index in [2.05, 4.69) is 34.1 Å². The minimum absolute atomic E-state index is 0.143. The summed E-state index contributed by atoms with van der Waals surface area (Å²) in [6.45, 7) is 2.06. The van der Waals surface area contributed by atoms with E-state index in [4.69, 9.17) is 4.18 Å². The van der Waals surface area contributed by atoms with Gasteiger partial charge in [0.1, 0.15) is 0 Å². The predicted molar refractivity (Wildman–Crippen MR) is 97.5 cm³/mol. The van der Waals surface area contributed by atoms with E-state index >= 15 is 0 Å². The lowest BCUT2D eigenvalue weighted by Gasteiger charge is -2.05. The number of aryl methyl sites for hydroxylation is 1. The second-order valence-electron chi connectivity index (χ2n) is 5.23. The molecule has 1 aromatic heterocycles. The Morgan fingerprint density at radius 1 is 1.09 bits per heavy atom. The van der Waals surface area contributed by atoms with E-state index in [1.165, 1.54) is 4.70 Å². The van der Waals surface area contributed by atoms with Crippen molar-refractivity contribution in [1.82, 2.24) is 0 Å². The molecule has 0 spiro atoms. The van der Waals surface area contributed by atoms with Crippen molar-refractivity contribution in [3.8, 4) is 0 Å². The molecule has 3 aromatic rings. The summed E-state index contributed by atoms with van der Waals surface area (Å²) in [6.07, 6.45) is 0.571. The number of fused-ring (bicyclic) bond motifs is 1. The van der Waals surface area contributed by atoms with Crippen molar-refractivity contribution in [3.63, 3.8) is 0 Å². The maximum Gasteiger partial charge on any atom is 0.296 e. The normalized spacial score (nSPS) is 11.9. The molecule has 0 bridgehead atoms. The summed E-state index contributed by atoms with van der Waals surface area (Å²) in [6, 6.07) is 14.9. The molecule has 1 heterocycles. The molecule has 6 heteroatoms. The molecule has 0 N–H and O–H groups in total. The van der Waals surface area contributed by atoms with E-state index in [-0.39, 0.29) is 11.5 Å². The Hall–Kier alpha value is -1.21. The lowest BCUT2D eigenvalue weighted by Crippen LogP contribution is -2.08. The molecular weight excluding hydrogens is 396 g/mol. The molecule has 0 radical (unpaired) electrons. The highest BCUT2D eigenvalue weighted by molar-refractivity contribution is 9.10. The smallest absolute Gasteiger partial charge is 0.266 e. The summed E-state index contributed by atoms with van der Waals surface area (Å²) in [5.41, 5.74) is 1.01. The van der Waals surface area contributed by atoms with Crippen LogP contribution in [0.2, 0.25) is 0 Å². The minimum atomic E-state index is -3.69. The monoisotopic (exact) mass is 410 g/mol. The standard InChI is InChI=1S/C17H15BrO3S2/c1-12-2-5-16(6-3-12)23(19,20)21-9-8-15-11-13-10-14(18)4-7-17(13)22-15/h2-7,10-11H,8-9H2,1H3. The number of hydrogen-bond acceptors (Lipinski definition) is 4. The van der Waals surface area contributed by atoms with Crippen LogP contribution >= 0.6 is 27.3 Å². The first-order valence-corrected chi connectivity index (χ1v) is 10.1. The van der Waals surface area contributed by atoms with Crippen molar-refractivity contribution in [2.45, 2.75) is 18.2 Å². The molecule has 0 aliphatic rings. The van der Waals surface area contributed by atoms with Crippen LogP contribution in [0.5, 0.6) is 0 Å². The highest BCUT2D eigenvalue weighted by atomic mass is 79.9. The fraction of sp³-hybridized carbons (Fsp3) is 0.176. The van der Waals surface area contributed by atoms with Crippen molar-refractivity contribution in [2.24, 2.45) is 0 Å². The molecule has 0 saturated heterocycles. The predicted octanol–water partition coefficient (Wildman–Crippen LogP) is 4.92. The largest absolute Gasteiger partial charge is 0.296 e. The average Bonchev–Trinajstić information content (AvgIpc) is 2.89. The zero-order valence-corrected chi connectivity index (χ0v) is 15.7. The van der Waals surface area contributed by atoms with E-state index in [1.54, 1.807) is 35.6 Å². The van der Waals surface area contributed by atoms with Gasteiger partial charge in [0.2, 0.25) is 0 Å². The Labute approximate surface area is 148 Å². The molecule has 0 saturated carbocycles. The third-order valence-corrected chi connectivity index (χ3v) is 6.42. The Morgan fingerprint density at radius 3 is 2.57 bits per heavy atom. The molecule has 2 aromatic carbocycles. The maximum atomic E-state index is 12.1. The van der Waals surface area contributed by atoms with Gasteiger partial charge in [-0.3, -0.25) is 4.18 Å². The van der Waals surface area contributed by atoms with Crippen molar-refractivity contribution in [1.29, 1.82) is 0 Å². The van der Waals surface area contributed by atoms with Gasteiger partial charge in [0, 0.05) is 20.5 Å². The van der Waals surface area contributed by atoms with Gasteiger partial charge in [-0.2, -0.15) is 8.42 Å². The van der Waals surface area contributed by atoms with Gasteiger partial charge in [0.05, 0.1) is 11.5 Å². The van der Waals surface area contributed by atoms with Gasteiger partial charge in [0.15, 0.2) is 0 Å². The van der Waals surface area contributed by atoms with Crippen LogP contribution in [0.4, 0.5) is 0 Å². The average molecular weight is 411 g/mol. The SMILES string of the molecule is Cc1ccc(S(=O)(=O)OCCc2cc3cc(Br)ccc3s2)cc1. The molecule has 0 amide bonds. The number of hydrogen-bond donors (Lipinski definition) is 0. The van der Waals surface area contributed by atoms with Crippen molar-refractivity contribution >= 4 is 47.5 Å². The molecule has 0 aliphatic heterocycles. The first-order chi connectivity index (χ1) is 10.9. The summed E-state index contributed by atoms with van der Waals surface area (Å²) in [5, 5.41) is 1.15. The number of benzene rings is 2. The lowest BCUT2D eigenvalue weighted by molar-refractivity contribution is 0.323. The molecule has 0 fully saturated rings. The lowest BCUT2D eigenvalue weighted by atomic mass is 10.2. The van der Waals surface area contributed by atoms with Gasteiger partial charge in [-0.05, 0) is 48.7 Å². The van der Waals surface area contributed by atoms with Crippen LogP contribution in [0.15, 0.2) is 57.9 Å². The molecule has 0 atom stereocenters. The fourth-order valence-electron chi connectivity index (χ4n) is 2.22. The summed E-state index contributed by atoms with van der Waals surface area (Å²) in [5.74, 6) is 0. The van der Waals surface area contributed by atoms with Gasteiger partial charge in [0.25, 0.3) is 10.1 Å². The van der Waals surface area contributed by atoms with Gasteiger partial charge < -0.3 is 0 Å². The van der Waals surface area contributed by atoms with E-state index in [9.17, 15) is 8.42 Å². The second-order valence-corrected chi connectivity index (χ2v) is 8.93. The Balaban J connectivity index is 1.66. The molecule has 120 valence electrons. The third-order valence-electron chi connectivity index (χ3n) is 3.43. The van der Waals surface area contributed by atoms with E-state index in [0.29, 0.717) is 6.42 Å². The van der Waals surface area contributed by atoms with Crippen LogP contribution < -0.4 is 0 Å². The van der Waals surface area contributed by atoms with Gasteiger partial charge >= 0.3 is 0 Å². The highest BCUT2D eigenvalue weighted by Crippen LogP contribution is 2.28. The summed E-state index contributed by atoms with van der Waals surface area (Å²) in [7, 11) is -3.69. The minimum Gasteiger partial charge on any atom is -0.266 e. The Kier molecular flexibility index (Phi) is 4.87. The first kappa shape index (κ1) is 16.6. The molecule has 23 heavy (non-hydrogen) atoms. The number of halogens is 1. The van der Waals surface area contributed by atoms with Crippen LogP contribution in [0, 0.1) is 6.92 Å². The molecule has 3 rings (SSSR count). The first-order valence-electron chi connectivity index (χ1n) is 7.08. The van der Waals surface area contributed by atoms with Crippen LogP contribution in [-0.4, -0.2) is 15.0 Å². The van der Waals surface area contributed by atoms with E-state index < -0.39 is 10.1 Å². The van der Waals surface area contributed by atoms with Gasteiger partial charge in [-0.25, -0.2) is 0 Å². The van der Waals surface area contributed by atoms with Gasteiger partial charge in [-0.1, -0.05) is 33.6 Å². The Bertz CT molecular complexity index is 928. The van der Waals surface area contributed by atoms with Crippen molar-refractivity contribution < 1.29 is 12.6 Å². The molecular formula is C17H15BrO3S2. The summed E-state index contributed by atoms with van der Waals surface area (Å²) >= 11 is 5.11. The third kappa shape index (κ3) is 4.01. The molecule has 0 aliphatic carbocycles. The van der Waals surface area contributed by atoms with Crippen molar-refractivity contribution in [3.05, 3.63) is 63.4 Å². The molecule has 3 nitrogen and oxygen atoms in total. The summed E-state index contributed by atoms with van der Waals surface area (Å²) < 4.78 is 31.6. The topological polar surface area (TPSA) is 43.4 Å². The molecule has 0 unspecified atom stereocenters. The Morgan fingerprint density at radius 2 is 1.83 bits per heavy atom. The zero-order valence-electron chi connectivity index (χ0n) is 12.5. The van der Waals surface area contributed by atoms with Gasteiger partial charge in [-0.15, -0.1) is 11.3 Å². The number of thiophene rings is 1. The van der Waals surface area contributed by atoms with Crippen LogP contribution in [-0.2, 0) is 20.7 Å². The number of rotatable bonds is 5. The van der Waals surface area contributed by atoms with Crippen LogP contribution in [0.25, 0.3) is 10.1 Å².